The smallest absolute Gasteiger partial charge is 0.254 e. The van der Waals surface area contributed by atoms with Gasteiger partial charge >= 0.3 is 0 Å². The van der Waals surface area contributed by atoms with E-state index in [0.717, 1.165) is 22.3 Å². The van der Waals surface area contributed by atoms with Crippen LogP contribution in [0.4, 0.5) is 0 Å². The lowest BCUT2D eigenvalue weighted by Gasteiger charge is -2.27. The number of nitrogens with zero attached hydrogens (tertiary/aromatic N) is 1. The molecule has 2 aliphatic heterocycles. The van der Waals surface area contributed by atoms with Gasteiger partial charge in [0.05, 0.1) is 6.61 Å². The van der Waals surface area contributed by atoms with E-state index in [1.165, 1.54) is 0 Å². The van der Waals surface area contributed by atoms with Crippen molar-refractivity contribution in [1.82, 2.24) is 4.90 Å². The van der Waals surface area contributed by atoms with Crippen LogP contribution in [0.25, 0.3) is 11.1 Å². The number of amides is 1. The van der Waals surface area contributed by atoms with Crippen LogP contribution in [0, 0.1) is 6.92 Å². The summed E-state index contributed by atoms with van der Waals surface area (Å²) in [6, 6.07) is 9.35. The van der Waals surface area contributed by atoms with E-state index in [-0.39, 0.29) is 18.3 Å². The van der Waals surface area contributed by atoms with Crippen molar-refractivity contribution in [1.29, 1.82) is 0 Å². The molecule has 0 bridgehead atoms. The van der Waals surface area contributed by atoms with Gasteiger partial charge in [-0.15, -0.1) is 0 Å². The normalized spacial score (nSPS) is 16.2. The summed E-state index contributed by atoms with van der Waals surface area (Å²) in [5.41, 5.74) is 4.01. The van der Waals surface area contributed by atoms with Gasteiger partial charge in [-0.1, -0.05) is 12.1 Å². The Balaban J connectivity index is 1.64. The highest BCUT2D eigenvalue weighted by Crippen LogP contribution is 2.38. The molecule has 28 heavy (non-hydrogen) atoms. The Bertz CT molecular complexity index is 927. The highest BCUT2D eigenvalue weighted by atomic mass is 16.6. The van der Waals surface area contributed by atoms with Crippen LogP contribution in [0.5, 0.6) is 11.5 Å². The fraction of sp³-hybridized carbons (Fsp3) is 0.364. The summed E-state index contributed by atoms with van der Waals surface area (Å²) in [5.74, 6) is 1.48. The molecule has 0 aliphatic carbocycles. The first-order valence-electron chi connectivity index (χ1n) is 9.52. The number of carbonyl (C=O) groups is 2. The number of piperidine rings is 1. The molecular formula is C22H23NO5. The molecule has 1 N–H and O–H groups in total. The van der Waals surface area contributed by atoms with Crippen LogP contribution in [0.2, 0.25) is 0 Å². The first-order chi connectivity index (χ1) is 13.6. The summed E-state index contributed by atoms with van der Waals surface area (Å²) in [6.45, 7) is 3.74. The number of rotatable bonds is 3. The maximum Gasteiger partial charge on any atom is 0.254 e. The second-order valence-electron chi connectivity index (χ2n) is 7.17. The molecule has 6 heteroatoms. The zero-order valence-corrected chi connectivity index (χ0v) is 15.9. The van der Waals surface area contributed by atoms with E-state index < -0.39 is 0 Å². The number of Topliss-reactive ketones (excluding diaryl/α,β-unsaturated/α-hetero) is 1. The first-order valence-corrected chi connectivity index (χ1v) is 9.52. The molecule has 0 spiro atoms. The molecule has 0 aromatic heterocycles. The molecule has 0 radical (unpaired) electrons. The number of aliphatic hydroxyl groups is 1. The summed E-state index contributed by atoms with van der Waals surface area (Å²) in [5, 5.41) is 9.80. The topological polar surface area (TPSA) is 76.1 Å². The van der Waals surface area contributed by atoms with Gasteiger partial charge in [0, 0.05) is 31.5 Å². The minimum Gasteiger partial charge on any atom is -0.486 e. The van der Waals surface area contributed by atoms with E-state index in [2.05, 4.69) is 0 Å². The Labute approximate surface area is 163 Å². The molecular weight excluding hydrogens is 358 g/mol. The summed E-state index contributed by atoms with van der Waals surface area (Å²) < 4.78 is 11.3. The predicted octanol–water partition coefficient (Wildman–Crippen LogP) is 2.73. The number of carbonyl (C=O) groups excluding carboxylic acids is 2. The van der Waals surface area contributed by atoms with E-state index in [9.17, 15) is 14.7 Å². The quantitative estimate of drug-likeness (QED) is 0.885. The number of likely N-dealkylation sites (tertiary alicyclic amines) is 1. The van der Waals surface area contributed by atoms with Crippen LogP contribution in [0.15, 0.2) is 30.3 Å². The van der Waals surface area contributed by atoms with Crippen molar-refractivity contribution in [2.75, 3.05) is 26.3 Å². The lowest BCUT2D eigenvalue weighted by Crippen LogP contribution is -2.38. The number of aliphatic hydroxyl groups excluding tert-OH is 1. The third kappa shape index (κ3) is 3.47. The van der Waals surface area contributed by atoms with Crippen molar-refractivity contribution in [2.45, 2.75) is 26.4 Å². The van der Waals surface area contributed by atoms with Gasteiger partial charge < -0.3 is 19.5 Å². The average Bonchev–Trinajstić information content (AvgIpc) is 2.72. The molecule has 1 fully saturated rings. The van der Waals surface area contributed by atoms with Gasteiger partial charge in [-0.3, -0.25) is 9.59 Å². The monoisotopic (exact) mass is 381 g/mol. The molecule has 6 nitrogen and oxygen atoms in total. The van der Waals surface area contributed by atoms with Crippen LogP contribution in [-0.2, 0) is 11.4 Å². The van der Waals surface area contributed by atoms with Crippen molar-refractivity contribution in [3.63, 3.8) is 0 Å². The van der Waals surface area contributed by atoms with Crippen LogP contribution in [-0.4, -0.2) is 48.0 Å². The number of benzene rings is 2. The molecule has 1 saturated heterocycles. The summed E-state index contributed by atoms with van der Waals surface area (Å²) in [7, 11) is 0. The third-order valence-corrected chi connectivity index (χ3v) is 5.31. The third-order valence-electron chi connectivity index (χ3n) is 5.31. The van der Waals surface area contributed by atoms with Gasteiger partial charge in [-0.05, 0) is 47.4 Å². The lowest BCUT2D eigenvalue weighted by atomic mass is 9.95. The Morgan fingerprint density at radius 2 is 1.75 bits per heavy atom. The highest BCUT2D eigenvalue weighted by Gasteiger charge is 2.23. The molecule has 2 heterocycles. The Kier molecular flexibility index (Phi) is 5.05. The van der Waals surface area contributed by atoms with E-state index in [1.807, 2.05) is 37.3 Å². The standard InChI is InChI=1S/C22H23NO5/c1-14-10-15(2-3-18(14)22(26)23-6-4-17(25)5-7-23)19-12-21-20(11-16(19)13-24)27-8-9-28-21/h2-3,10-12,24H,4-9,13H2,1H3. The van der Waals surface area contributed by atoms with E-state index in [0.29, 0.717) is 56.2 Å². The predicted molar refractivity (Wildman–Crippen MR) is 104 cm³/mol. The maximum atomic E-state index is 12.8. The van der Waals surface area contributed by atoms with E-state index in [1.54, 1.807) is 4.90 Å². The summed E-state index contributed by atoms with van der Waals surface area (Å²) >= 11 is 0. The second kappa shape index (κ2) is 7.64. The zero-order valence-electron chi connectivity index (χ0n) is 15.9. The van der Waals surface area contributed by atoms with Crippen molar-refractivity contribution < 1.29 is 24.2 Å². The summed E-state index contributed by atoms with van der Waals surface area (Å²) in [6.07, 6.45) is 0.861. The van der Waals surface area contributed by atoms with Gasteiger partial charge in [-0.2, -0.15) is 0 Å². The number of hydrogen-bond donors (Lipinski definition) is 1. The zero-order chi connectivity index (χ0) is 19.7. The van der Waals surface area contributed by atoms with Crippen molar-refractivity contribution in [3.05, 3.63) is 47.0 Å². The van der Waals surface area contributed by atoms with Crippen LogP contribution >= 0.6 is 0 Å². The number of ketones is 1. The number of fused-ring (bicyclic) bond motifs is 1. The lowest BCUT2D eigenvalue weighted by molar-refractivity contribution is -0.120. The Morgan fingerprint density at radius 1 is 1.07 bits per heavy atom. The molecule has 2 aliphatic rings. The SMILES string of the molecule is Cc1cc(-c2cc3c(cc2CO)OCCO3)ccc1C(=O)N1CCC(=O)CC1. The number of hydrogen-bond acceptors (Lipinski definition) is 5. The van der Waals surface area contributed by atoms with Gasteiger partial charge in [-0.25, -0.2) is 0 Å². The first kappa shape index (κ1) is 18.5. The van der Waals surface area contributed by atoms with Crippen molar-refractivity contribution >= 4 is 11.7 Å². The molecule has 4 rings (SSSR count). The Morgan fingerprint density at radius 3 is 2.39 bits per heavy atom. The van der Waals surface area contributed by atoms with E-state index >= 15 is 0 Å². The number of aryl methyl sites for hydroxylation is 1. The van der Waals surface area contributed by atoms with Crippen LogP contribution in [0.1, 0.15) is 34.3 Å². The fourth-order valence-corrected chi connectivity index (χ4v) is 3.73. The molecule has 146 valence electrons. The fourth-order valence-electron chi connectivity index (χ4n) is 3.73. The maximum absolute atomic E-state index is 12.8. The van der Waals surface area contributed by atoms with E-state index in [4.69, 9.17) is 9.47 Å². The highest BCUT2D eigenvalue weighted by molar-refractivity contribution is 5.97. The number of ether oxygens (including phenoxy) is 2. The van der Waals surface area contributed by atoms with Gasteiger partial charge in [0.15, 0.2) is 11.5 Å². The molecule has 2 aromatic carbocycles. The van der Waals surface area contributed by atoms with Gasteiger partial charge in [0.1, 0.15) is 19.0 Å². The molecule has 0 unspecified atom stereocenters. The second-order valence-corrected chi connectivity index (χ2v) is 7.17. The minimum absolute atomic E-state index is 0.0406. The minimum atomic E-state index is -0.118. The largest absolute Gasteiger partial charge is 0.486 e. The van der Waals surface area contributed by atoms with Crippen LogP contribution < -0.4 is 9.47 Å². The van der Waals surface area contributed by atoms with Gasteiger partial charge in [0.25, 0.3) is 5.91 Å². The summed E-state index contributed by atoms with van der Waals surface area (Å²) in [4.78, 5) is 26.0. The molecule has 0 atom stereocenters. The van der Waals surface area contributed by atoms with Crippen molar-refractivity contribution in [3.8, 4) is 22.6 Å². The average molecular weight is 381 g/mol. The van der Waals surface area contributed by atoms with Crippen LogP contribution in [0.3, 0.4) is 0 Å². The molecule has 1 amide bonds. The van der Waals surface area contributed by atoms with Crippen molar-refractivity contribution in [2.24, 2.45) is 0 Å². The molecule has 0 saturated carbocycles. The molecule has 2 aromatic rings. The Hall–Kier alpha value is -2.86. The van der Waals surface area contributed by atoms with Gasteiger partial charge in [0.2, 0.25) is 0 Å².